The lowest BCUT2D eigenvalue weighted by Gasteiger charge is -2.29. The third kappa shape index (κ3) is 4.22. The van der Waals surface area contributed by atoms with E-state index in [1.54, 1.807) is 0 Å². The number of anilines is 1. The maximum Gasteiger partial charge on any atom is 0.306 e. The molecule has 0 aromatic heterocycles. The molecule has 8 nitrogen and oxygen atoms in total. The number of benzene rings is 1. The van der Waals surface area contributed by atoms with Gasteiger partial charge < -0.3 is 5.11 Å². The first-order chi connectivity index (χ1) is 11.0. The average Bonchev–Trinajstić information content (AvgIpc) is 2.48. The van der Waals surface area contributed by atoms with Crippen molar-refractivity contribution in [2.75, 3.05) is 24.1 Å². The predicted octanol–water partition coefficient (Wildman–Crippen LogP) is 0.682. The normalized spacial score (nSPS) is 17.6. The molecule has 11 heteroatoms. The molecule has 2 N–H and O–H groups in total. The van der Waals surface area contributed by atoms with Crippen LogP contribution in [0.2, 0.25) is 0 Å². The van der Waals surface area contributed by atoms with Crippen LogP contribution in [-0.2, 0) is 24.8 Å². The molecule has 0 saturated carbocycles. The van der Waals surface area contributed by atoms with Gasteiger partial charge in [0.25, 0.3) is 0 Å². The first kappa shape index (κ1) is 18.6. The number of aliphatic carboxylic acids is 1. The number of carbonyl (C=O) groups is 1. The Morgan fingerprint density at radius 2 is 1.83 bits per heavy atom. The topological polar surface area (TPSA) is 121 Å². The van der Waals surface area contributed by atoms with Crippen molar-refractivity contribution in [3.63, 3.8) is 0 Å². The fraction of sp³-hybridized carbons (Fsp3) is 0.462. The molecule has 1 aromatic carbocycles. The van der Waals surface area contributed by atoms with Gasteiger partial charge in [-0.3, -0.25) is 9.52 Å². The second-order valence-electron chi connectivity index (χ2n) is 5.53. The summed E-state index contributed by atoms with van der Waals surface area (Å²) in [5, 5.41) is 8.93. The number of carboxylic acid groups (broad SMARTS) is 1. The van der Waals surface area contributed by atoms with Gasteiger partial charge in [0.2, 0.25) is 20.0 Å². The van der Waals surface area contributed by atoms with Gasteiger partial charge in [-0.15, -0.1) is 0 Å². The summed E-state index contributed by atoms with van der Waals surface area (Å²) in [5.41, 5.74) is -0.346. The lowest BCUT2D eigenvalue weighted by Crippen LogP contribution is -2.40. The smallest absolute Gasteiger partial charge is 0.306 e. The van der Waals surface area contributed by atoms with Crippen LogP contribution in [0.4, 0.5) is 10.1 Å². The second-order valence-corrected chi connectivity index (χ2v) is 9.22. The fourth-order valence-corrected chi connectivity index (χ4v) is 4.48. The minimum absolute atomic E-state index is 0.0320. The third-order valence-electron chi connectivity index (χ3n) is 3.68. The quantitative estimate of drug-likeness (QED) is 0.775. The number of sulfonamides is 2. The zero-order chi connectivity index (χ0) is 18.1. The molecule has 1 aliphatic rings. The number of halogens is 1. The lowest BCUT2D eigenvalue weighted by atomic mass is 9.99. The Bertz CT molecular complexity index is 845. The summed E-state index contributed by atoms with van der Waals surface area (Å²) >= 11 is 0. The number of hydrogen-bond donors (Lipinski definition) is 2. The van der Waals surface area contributed by atoms with Gasteiger partial charge in [-0.2, -0.15) is 4.31 Å². The predicted molar refractivity (Wildman–Crippen MR) is 84.0 cm³/mol. The standard InChI is InChI=1S/C13H17FN2O6S2/c1-23(19,20)15-12-3-2-10(8-11(12)14)24(21,22)16-6-4-9(5-7-16)13(17)18/h2-3,8-9,15H,4-7H2,1H3,(H,17,18). The lowest BCUT2D eigenvalue weighted by molar-refractivity contribution is -0.142. The van der Waals surface area contributed by atoms with Crippen molar-refractivity contribution in [3.05, 3.63) is 24.0 Å². The summed E-state index contributed by atoms with van der Waals surface area (Å²) in [6.07, 6.45) is 1.22. The molecule has 0 unspecified atom stereocenters. The Labute approximate surface area is 139 Å². The van der Waals surface area contributed by atoms with E-state index in [1.807, 2.05) is 4.72 Å². The zero-order valence-electron chi connectivity index (χ0n) is 12.8. The zero-order valence-corrected chi connectivity index (χ0v) is 14.4. The van der Waals surface area contributed by atoms with Crippen LogP contribution in [0.15, 0.2) is 23.1 Å². The first-order valence-corrected chi connectivity index (χ1v) is 10.3. The number of nitrogens with one attached hydrogen (secondary N) is 1. The van der Waals surface area contributed by atoms with Gasteiger partial charge in [-0.25, -0.2) is 21.2 Å². The maximum absolute atomic E-state index is 14.0. The molecule has 24 heavy (non-hydrogen) atoms. The molecular formula is C13H17FN2O6S2. The van der Waals surface area contributed by atoms with E-state index in [2.05, 4.69) is 0 Å². The SMILES string of the molecule is CS(=O)(=O)Nc1ccc(S(=O)(=O)N2CCC(C(=O)O)CC2)cc1F. The highest BCUT2D eigenvalue weighted by molar-refractivity contribution is 7.92. The maximum atomic E-state index is 14.0. The molecule has 1 aliphatic heterocycles. The van der Waals surface area contributed by atoms with Gasteiger partial charge >= 0.3 is 5.97 Å². The number of nitrogens with zero attached hydrogens (tertiary/aromatic N) is 1. The molecule has 0 aliphatic carbocycles. The van der Waals surface area contributed by atoms with Crippen LogP contribution >= 0.6 is 0 Å². The molecule has 1 fully saturated rings. The van der Waals surface area contributed by atoms with Crippen LogP contribution < -0.4 is 4.72 Å². The minimum atomic E-state index is -3.97. The van der Waals surface area contributed by atoms with Crippen molar-refractivity contribution in [2.24, 2.45) is 5.92 Å². The number of hydrogen-bond acceptors (Lipinski definition) is 5. The largest absolute Gasteiger partial charge is 0.481 e. The highest BCUT2D eigenvalue weighted by Gasteiger charge is 2.32. The van der Waals surface area contributed by atoms with Crippen LogP contribution in [-0.4, -0.2) is 51.6 Å². The molecule has 0 radical (unpaired) electrons. The summed E-state index contributed by atoms with van der Waals surface area (Å²) in [6, 6.07) is 2.88. The summed E-state index contributed by atoms with van der Waals surface area (Å²) in [7, 11) is -7.66. The van der Waals surface area contributed by atoms with Crippen LogP contribution in [0.1, 0.15) is 12.8 Å². The van der Waals surface area contributed by atoms with E-state index in [0.717, 1.165) is 28.8 Å². The molecule has 134 valence electrons. The van der Waals surface area contributed by atoms with E-state index in [4.69, 9.17) is 5.11 Å². The van der Waals surface area contributed by atoms with Crippen molar-refractivity contribution in [2.45, 2.75) is 17.7 Å². The van der Waals surface area contributed by atoms with E-state index < -0.39 is 37.8 Å². The van der Waals surface area contributed by atoms with Crippen LogP contribution in [0, 0.1) is 11.7 Å². The fourth-order valence-electron chi connectivity index (χ4n) is 2.43. The molecule has 0 atom stereocenters. The van der Waals surface area contributed by atoms with Gasteiger partial charge in [-0.05, 0) is 31.0 Å². The summed E-state index contributed by atoms with van der Waals surface area (Å²) in [5.74, 6) is -2.56. The van der Waals surface area contributed by atoms with E-state index >= 15 is 0 Å². The number of piperidine rings is 1. The summed E-state index contributed by atoms with van der Waals surface area (Å²) in [6.45, 7) is 0.0640. The van der Waals surface area contributed by atoms with E-state index in [0.29, 0.717) is 0 Å². The van der Waals surface area contributed by atoms with Crippen molar-refractivity contribution < 1.29 is 31.1 Å². The number of carboxylic acids is 1. The van der Waals surface area contributed by atoms with Crippen molar-refractivity contribution in [1.29, 1.82) is 0 Å². The summed E-state index contributed by atoms with van der Waals surface area (Å²) in [4.78, 5) is 10.6. The van der Waals surface area contributed by atoms with Gasteiger partial charge in [0, 0.05) is 13.1 Å². The Hall–Kier alpha value is -1.72. The summed E-state index contributed by atoms with van der Waals surface area (Å²) < 4.78 is 64.2. The van der Waals surface area contributed by atoms with Crippen LogP contribution in [0.5, 0.6) is 0 Å². The highest BCUT2D eigenvalue weighted by atomic mass is 32.2. The average molecular weight is 380 g/mol. The Balaban J connectivity index is 2.21. The monoisotopic (exact) mass is 380 g/mol. The molecule has 0 amide bonds. The van der Waals surface area contributed by atoms with Crippen LogP contribution in [0.25, 0.3) is 0 Å². The Morgan fingerprint density at radius 3 is 2.29 bits per heavy atom. The minimum Gasteiger partial charge on any atom is -0.481 e. The van der Waals surface area contributed by atoms with Crippen molar-refractivity contribution in [3.8, 4) is 0 Å². The molecule has 0 bridgehead atoms. The Morgan fingerprint density at radius 1 is 1.25 bits per heavy atom. The van der Waals surface area contributed by atoms with E-state index in [9.17, 15) is 26.0 Å². The van der Waals surface area contributed by atoms with Crippen molar-refractivity contribution >= 4 is 31.7 Å². The second kappa shape index (κ2) is 6.65. The molecular weight excluding hydrogens is 363 g/mol. The molecule has 0 spiro atoms. The van der Waals surface area contributed by atoms with Gasteiger partial charge in [0.05, 0.1) is 22.8 Å². The van der Waals surface area contributed by atoms with Gasteiger partial charge in [0.1, 0.15) is 5.82 Å². The van der Waals surface area contributed by atoms with Gasteiger partial charge in [-0.1, -0.05) is 0 Å². The molecule has 2 rings (SSSR count). The van der Waals surface area contributed by atoms with E-state index in [-0.39, 0.29) is 36.5 Å². The molecule has 1 saturated heterocycles. The Kier molecular flexibility index (Phi) is 5.16. The molecule has 1 heterocycles. The molecule has 1 aromatic rings. The van der Waals surface area contributed by atoms with E-state index in [1.165, 1.54) is 0 Å². The van der Waals surface area contributed by atoms with Gasteiger partial charge in [0.15, 0.2) is 0 Å². The van der Waals surface area contributed by atoms with Crippen molar-refractivity contribution in [1.82, 2.24) is 4.31 Å². The first-order valence-electron chi connectivity index (χ1n) is 7.01. The third-order valence-corrected chi connectivity index (χ3v) is 6.16. The van der Waals surface area contributed by atoms with Crippen LogP contribution in [0.3, 0.4) is 0 Å². The highest BCUT2D eigenvalue weighted by Crippen LogP contribution is 2.26. The number of rotatable bonds is 5.